The van der Waals surface area contributed by atoms with Crippen LogP contribution in [0.3, 0.4) is 0 Å². The second-order valence-corrected chi connectivity index (χ2v) is 6.48. The van der Waals surface area contributed by atoms with E-state index in [1.165, 1.54) is 4.90 Å². The van der Waals surface area contributed by atoms with Gasteiger partial charge < -0.3 is 10.4 Å². The van der Waals surface area contributed by atoms with Crippen LogP contribution in [0.15, 0.2) is 36.9 Å². The fourth-order valence-electron chi connectivity index (χ4n) is 3.34. The van der Waals surface area contributed by atoms with Gasteiger partial charge in [-0.3, -0.25) is 9.69 Å². The Bertz CT molecular complexity index is 619. The average molecular weight is 302 g/mol. The van der Waals surface area contributed by atoms with Gasteiger partial charge >= 0.3 is 6.09 Å². The molecular formula is C17H22N2O3. The lowest BCUT2D eigenvalue weighted by atomic mass is 9.68. The van der Waals surface area contributed by atoms with Crippen LogP contribution < -0.4 is 5.32 Å². The molecule has 0 bridgehead atoms. The molecule has 0 spiro atoms. The van der Waals surface area contributed by atoms with E-state index in [2.05, 4.69) is 11.9 Å². The Morgan fingerprint density at radius 2 is 2.05 bits per heavy atom. The van der Waals surface area contributed by atoms with Gasteiger partial charge in [0.15, 0.2) is 5.54 Å². The predicted octanol–water partition coefficient (Wildman–Crippen LogP) is 2.72. The molecule has 2 N–H and O–H groups in total. The molecule has 1 aromatic carbocycles. The molecule has 0 saturated heterocycles. The molecule has 1 unspecified atom stereocenters. The predicted molar refractivity (Wildman–Crippen MR) is 84.3 cm³/mol. The fourth-order valence-corrected chi connectivity index (χ4v) is 3.34. The summed E-state index contributed by atoms with van der Waals surface area (Å²) in [5.41, 5.74) is -0.234. The first-order valence-corrected chi connectivity index (χ1v) is 7.25. The van der Waals surface area contributed by atoms with Crippen LogP contribution >= 0.6 is 0 Å². The molecule has 1 aliphatic heterocycles. The van der Waals surface area contributed by atoms with Gasteiger partial charge in [-0.1, -0.05) is 51.1 Å². The van der Waals surface area contributed by atoms with Crippen LogP contribution in [0.2, 0.25) is 0 Å². The third-order valence-corrected chi connectivity index (χ3v) is 4.19. The van der Waals surface area contributed by atoms with E-state index in [1.807, 2.05) is 45.0 Å². The summed E-state index contributed by atoms with van der Waals surface area (Å²) in [5.74, 6) is -0.313. The highest BCUT2D eigenvalue weighted by molar-refractivity contribution is 5.93. The second kappa shape index (κ2) is 5.48. The highest BCUT2D eigenvalue weighted by Gasteiger charge is 2.60. The monoisotopic (exact) mass is 302 g/mol. The standard InChI is InChI=1S/C17H22N2O3/c1-5-10-18-14(20)17(16(2,3)4)13-9-7-6-8-12(13)11-19(17)15(21)22/h5-9H,1,10-11H2,2-4H3,(H,18,20)(H,21,22). The highest BCUT2D eigenvalue weighted by atomic mass is 16.4. The summed E-state index contributed by atoms with van der Waals surface area (Å²) in [4.78, 5) is 26.1. The number of carbonyl (C=O) groups is 2. The number of rotatable bonds is 3. The molecule has 0 radical (unpaired) electrons. The number of nitrogens with one attached hydrogen (secondary N) is 1. The molecule has 1 aromatic rings. The van der Waals surface area contributed by atoms with Gasteiger partial charge in [0.2, 0.25) is 0 Å². The van der Waals surface area contributed by atoms with Crippen molar-refractivity contribution in [1.82, 2.24) is 10.2 Å². The molecule has 2 rings (SSSR count). The lowest BCUT2D eigenvalue weighted by Gasteiger charge is -2.45. The van der Waals surface area contributed by atoms with Gasteiger partial charge in [-0.2, -0.15) is 0 Å². The first kappa shape index (κ1) is 16.1. The molecule has 1 aliphatic rings. The summed E-state index contributed by atoms with van der Waals surface area (Å²) in [7, 11) is 0. The average Bonchev–Trinajstić information content (AvgIpc) is 2.80. The number of amides is 2. The SMILES string of the molecule is C=CCNC(=O)C1(C(C)(C)C)c2ccccc2CN1C(=O)O. The topological polar surface area (TPSA) is 69.6 Å². The van der Waals surface area contributed by atoms with E-state index >= 15 is 0 Å². The molecule has 118 valence electrons. The Hall–Kier alpha value is -2.30. The summed E-state index contributed by atoms with van der Waals surface area (Å²) in [5, 5.41) is 12.5. The van der Waals surface area contributed by atoms with Crippen LogP contribution in [0.4, 0.5) is 4.79 Å². The van der Waals surface area contributed by atoms with Gasteiger partial charge in [0.05, 0.1) is 6.54 Å². The summed E-state index contributed by atoms with van der Waals surface area (Å²) in [6, 6.07) is 7.42. The smallest absolute Gasteiger partial charge is 0.408 e. The van der Waals surface area contributed by atoms with Crippen LogP contribution in [0.25, 0.3) is 0 Å². The van der Waals surface area contributed by atoms with Crippen LogP contribution in [-0.4, -0.2) is 28.6 Å². The number of carbonyl (C=O) groups excluding carboxylic acids is 1. The van der Waals surface area contributed by atoms with Gasteiger partial charge in [0.1, 0.15) is 0 Å². The van der Waals surface area contributed by atoms with Crippen LogP contribution in [0.5, 0.6) is 0 Å². The van der Waals surface area contributed by atoms with Crippen molar-refractivity contribution in [3.05, 3.63) is 48.0 Å². The zero-order chi connectivity index (χ0) is 16.5. The van der Waals surface area contributed by atoms with E-state index < -0.39 is 17.0 Å². The first-order chi connectivity index (χ1) is 10.3. The number of hydrogen-bond donors (Lipinski definition) is 2. The van der Waals surface area contributed by atoms with Crippen molar-refractivity contribution in [1.29, 1.82) is 0 Å². The number of carboxylic acid groups (broad SMARTS) is 1. The van der Waals surface area contributed by atoms with E-state index in [-0.39, 0.29) is 12.5 Å². The van der Waals surface area contributed by atoms with Gasteiger partial charge in [0.25, 0.3) is 5.91 Å². The molecule has 1 heterocycles. The van der Waals surface area contributed by atoms with Crippen molar-refractivity contribution in [3.8, 4) is 0 Å². The van der Waals surface area contributed by atoms with Gasteiger partial charge in [-0.25, -0.2) is 4.79 Å². The molecule has 1 atom stereocenters. The molecule has 22 heavy (non-hydrogen) atoms. The van der Waals surface area contributed by atoms with Crippen LogP contribution in [-0.2, 0) is 16.9 Å². The number of nitrogens with zero attached hydrogens (tertiary/aromatic N) is 1. The van der Waals surface area contributed by atoms with Crippen molar-refractivity contribution in [3.63, 3.8) is 0 Å². The lowest BCUT2D eigenvalue weighted by Crippen LogP contribution is -2.61. The summed E-state index contributed by atoms with van der Waals surface area (Å²) in [6.07, 6.45) is 0.486. The molecule has 5 heteroatoms. The van der Waals surface area contributed by atoms with Gasteiger partial charge in [-0.05, 0) is 16.5 Å². The number of hydrogen-bond acceptors (Lipinski definition) is 2. The Morgan fingerprint density at radius 1 is 1.41 bits per heavy atom. The van der Waals surface area contributed by atoms with Crippen LogP contribution in [0, 0.1) is 5.41 Å². The van der Waals surface area contributed by atoms with Gasteiger partial charge in [0, 0.05) is 6.54 Å². The molecular weight excluding hydrogens is 280 g/mol. The van der Waals surface area contributed by atoms with E-state index in [0.717, 1.165) is 11.1 Å². The van der Waals surface area contributed by atoms with Crippen LogP contribution in [0.1, 0.15) is 31.9 Å². The number of benzene rings is 1. The Kier molecular flexibility index (Phi) is 4.00. The second-order valence-electron chi connectivity index (χ2n) is 6.48. The molecule has 0 saturated carbocycles. The van der Waals surface area contributed by atoms with E-state index in [0.29, 0.717) is 6.54 Å². The largest absolute Gasteiger partial charge is 0.465 e. The third kappa shape index (κ3) is 2.17. The Labute approximate surface area is 130 Å². The summed E-state index contributed by atoms with van der Waals surface area (Å²) in [6.45, 7) is 9.77. The minimum atomic E-state index is -1.25. The van der Waals surface area contributed by atoms with Crippen molar-refractivity contribution >= 4 is 12.0 Å². The minimum absolute atomic E-state index is 0.213. The summed E-state index contributed by atoms with van der Waals surface area (Å²) < 4.78 is 0. The zero-order valence-electron chi connectivity index (χ0n) is 13.2. The lowest BCUT2D eigenvalue weighted by molar-refractivity contribution is -0.140. The van der Waals surface area contributed by atoms with Crippen molar-refractivity contribution in [2.24, 2.45) is 5.41 Å². The normalized spacial score (nSPS) is 20.4. The van der Waals surface area contributed by atoms with E-state index in [9.17, 15) is 14.7 Å². The molecule has 0 aliphatic carbocycles. The first-order valence-electron chi connectivity index (χ1n) is 7.25. The molecule has 0 fully saturated rings. The Morgan fingerprint density at radius 3 is 2.59 bits per heavy atom. The zero-order valence-corrected chi connectivity index (χ0v) is 13.2. The highest BCUT2D eigenvalue weighted by Crippen LogP contribution is 2.50. The maximum atomic E-state index is 13.0. The van der Waals surface area contributed by atoms with Crippen molar-refractivity contribution in [2.75, 3.05) is 6.54 Å². The maximum absolute atomic E-state index is 13.0. The Balaban J connectivity index is 2.70. The third-order valence-electron chi connectivity index (χ3n) is 4.19. The summed E-state index contributed by atoms with van der Waals surface area (Å²) >= 11 is 0. The van der Waals surface area contributed by atoms with Crippen molar-refractivity contribution < 1.29 is 14.7 Å². The minimum Gasteiger partial charge on any atom is -0.465 e. The van der Waals surface area contributed by atoms with Gasteiger partial charge in [-0.15, -0.1) is 6.58 Å². The molecule has 5 nitrogen and oxygen atoms in total. The van der Waals surface area contributed by atoms with E-state index in [4.69, 9.17) is 0 Å². The molecule has 2 amide bonds. The fraction of sp³-hybridized carbons (Fsp3) is 0.412. The quantitative estimate of drug-likeness (QED) is 0.843. The van der Waals surface area contributed by atoms with E-state index in [1.54, 1.807) is 6.08 Å². The number of fused-ring (bicyclic) bond motifs is 1. The van der Waals surface area contributed by atoms with Crippen molar-refractivity contribution in [2.45, 2.75) is 32.9 Å². The maximum Gasteiger partial charge on any atom is 0.408 e. The molecule has 0 aromatic heterocycles.